The average Bonchev–Trinajstić information content (AvgIpc) is 2.51. The van der Waals surface area contributed by atoms with Gasteiger partial charge in [-0.05, 0) is 6.92 Å². The molecule has 0 atom stereocenters. The van der Waals surface area contributed by atoms with Gasteiger partial charge in [0.05, 0.1) is 0 Å². The average molecular weight is 288 g/mol. The van der Waals surface area contributed by atoms with E-state index in [0.29, 0.717) is 12.4 Å². The minimum atomic E-state index is -0.0563. The Labute approximate surface area is 120 Å². The summed E-state index contributed by atoms with van der Waals surface area (Å²) in [6, 6.07) is 3.53. The van der Waals surface area contributed by atoms with E-state index in [1.807, 2.05) is 6.92 Å². The zero-order valence-corrected chi connectivity index (χ0v) is 11.3. The van der Waals surface area contributed by atoms with Crippen LogP contribution in [0.3, 0.4) is 0 Å². The van der Waals surface area contributed by atoms with Crippen LogP contribution in [0.4, 0.5) is 5.82 Å². The Morgan fingerprint density at radius 2 is 1.55 bits per heavy atom. The van der Waals surface area contributed by atoms with Gasteiger partial charge in [0, 0.05) is 31.3 Å². The third kappa shape index (κ3) is 4.48. The lowest BCUT2D eigenvalue weighted by Gasteiger charge is -2.04. The second-order valence-electron chi connectivity index (χ2n) is 3.21. The molecule has 20 heavy (non-hydrogen) atoms. The second kappa shape index (κ2) is 8.35. The van der Waals surface area contributed by atoms with E-state index in [1.54, 1.807) is 36.9 Å². The number of hydrogen-bond acceptors (Lipinski definition) is 7. The van der Waals surface area contributed by atoms with Crippen molar-refractivity contribution in [3.63, 3.8) is 0 Å². The Kier molecular flexibility index (Phi) is 6.38. The van der Waals surface area contributed by atoms with Crippen LogP contribution in [0.25, 0.3) is 0 Å². The number of nitriles is 2. The van der Waals surface area contributed by atoms with Crippen molar-refractivity contribution in [3.8, 4) is 12.1 Å². The highest BCUT2D eigenvalue weighted by atomic mass is 35.5. The van der Waals surface area contributed by atoms with Crippen LogP contribution < -0.4 is 5.32 Å². The molecular formula is C12H10ClN7. The van der Waals surface area contributed by atoms with E-state index in [0.717, 1.165) is 0 Å². The standard InChI is InChI=1S/C8H6ClN5.C4H4N2/c1-2-12-8-7(9)13-5(3-10)6(4-11)14-8;1-2-6-4-3-5-1/h2H2,1H3,(H,12,14);1-4H. The Hall–Kier alpha value is -2.77. The van der Waals surface area contributed by atoms with Crippen molar-refractivity contribution in [2.24, 2.45) is 0 Å². The lowest BCUT2D eigenvalue weighted by molar-refractivity contribution is 1.09. The fourth-order valence-corrected chi connectivity index (χ4v) is 1.30. The molecule has 0 aliphatic heterocycles. The van der Waals surface area contributed by atoms with Crippen molar-refractivity contribution in [1.82, 2.24) is 19.9 Å². The fourth-order valence-electron chi connectivity index (χ4n) is 1.10. The summed E-state index contributed by atoms with van der Waals surface area (Å²) in [6.07, 6.45) is 6.56. The highest BCUT2D eigenvalue weighted by Gasteiger charge is 2.10. The summed E-state index contributed by atoms with van der Waals surface area (Å²) in [5.74, 6) is 0.324. The van der Waals surface area contributed by atoms with E-state index in [9.17, 15) is 0 Å². The van der Waals surface area contributed by atoms with E-state index in [-0.39, 0.29) is 16.5 Å². The minimum absolute atomic E-state index is 0.0205. The molecular weight excluding hydrogens is 278 g/mol. The summed E-state index contributed by atoms with van der Waals surface area (Å²) in [7, 11) is 0. The van der Waals surface area contributed by atoms with Crippen LogP contribution in [-0.2, 0) is 0 Å². The van der Waals surface area contributed by atoms with Gasteiger partial charge < -0.3 is 5.32 Å². The maximum Gasteiger partial charge on any atom is 0.179 e. The maximum atomic E-state index is 8.66. The maximum absolute atomic E-state index is 8.66. The van der Waals surface area contributed by atoms with Gasteiger partial charge in [-0.25, -0.2) is 9.97 Å². The molecule has 100 valence electrons. The largest absolute Gasteiger partial charge is 0.368 e. The van der Waals surface area contributed by atoms with Crippen LogP contribution in [0.15, 0.2) is 24.8 Å². The third-order valence-corrected chi connectivity index (χ3v) is 2.15. The molecule has 2 rings (SSSR count). The molecule has 0 radical (unpaired) electrons. The molecule has 7 nitrogen and oxygen atoms in total. The molecule has 0 saturated heterocycles. The van der Waals surface area contributed by atoms with Crippen molar-refractivity contribution in [2.45, 2.75) is 6.92 Å². The lowest BCUT2D eigenvalue weighted by Crippen LogP contribution is -2.04. The molecule has 0 bridgehead atoms. The number of hydrogen-bond donors (Lipinski definition) is 1. The summed E-state index contributed by atoms with van der Waals surface area (Å²) < 4.78 is 0. The predicted molar refractivity (Wildman–Crippen MR) is 72.7 cm³/mol. The van der Waals surface area contributed by atoms with Crippen LogP contribution in [0.2, 0.25) is 5.15 Å². The highest BCUT2D eigenvalue weighted by Crippen LogP contribution is 2.17. The Morgan fingerprint density at radius 1 is 1.05 bits per heavy atom. The third-order valence-electron chi connectivity index (χ3n) is 1.89. The predicted octanol–water partition coefficient (Wildman–Crippen LogP) is 1.78. The molecule has 8 heteroatoms. The molecule has 2 aromatic rings. The SMILES string of the molecule is CCNc1nc(C#N)c(C#N)nc1Cl.c1cnccn1. The van der Waals surface area contributed by atoms with Gasteiger partial charge >= 0.3 is 0 Å². The molecule has 0 amide bonds. The quantitative estimate of drug-likeness (QED) is 0.896. The van der Waals surface area contributed by atoms with E-state index in [2.05, 4.69) is 25.3 Å². The molecule has 0 aromatic carbocycles. The number of nitrogens with one attached hydrogen (secondary N) is 1. The summed E-state index contributed by atoms with van der Waals surface area (Å²) >= 11 is 5.72. The molecule has 0 fully saturated rings. The molecule has 0 saturated carbocycles. The van der Waals surface area contributed by atoms with Gasteiger partial charge in [0.25, 0.3) is 0 Å². The molecule has 0 unspecified atom stereocenters. The summed E-state index contributed by atoms with van der Waals surface area (Å²) in [5, 5.41) is 20.2. The van der Waals surface area contributed by atoms with E-state index in [4.69, 9.17) is 22.1 Å². The number of anilines is 1. The van der Waals surface area contributed by atoms with Crippen molar-refractivity contribution >= 4 is 17.4 Å². The van der Waals surface area contributed by atoms with Crippen LogP contribution >= 0.6 is 11.6 Å². The zero-order chi connectivity index (χ0) is 14.8. The first-order valence-electron chi connectivity index (χ1n) is 5.54. The van der Waals surface area contributed by atoms with Crippen molar-refractivity contribution in [2.75, 3.05) is 11.9 Å². The normalized spacial score (nSPS) is 8.60. The van der Waals surface area contributed by atoms with Crippen LogP contribution in [0.1, 0.15) is 18.3 Å². The van der Waals surface area contributed by atoms with Gasteiger partial charge in [-0.1, -0.05) is 11.6 Å². The molecule has 2 aromatic heterocycles. The monoisotopic (exact) mass is 287 g/mol. The van der Waals surface area contributed by atoms with Gasteiger partial charge in [-0.15, -0.1) is 0 Å². The Bertz CT molecular complexity index is 604. The van der Waals surface area contributed by atoms with E-state index in [1.165, 1.54) is 0 Å². The zero-order valence-electron chi connectivity index (χ0n) is 10.6. The van der Waals surface area contributed by atoms with Crippen molar-refractivity contribution in [1.29, 1.82) is 10.5 Å². The summed E-state index contributed by atoms with van der Waals surface area (Å²) in [4.78, 5) is 15.0. The molecule has 0 spiro atoms. The first-order chi connectivity index (χ1) is 9.72. The van der Waals surface area contributed by atoms with Crippen LogP contribution in [0.5, 0.6) is 0 Å². The van der Waals surface area contributed by atoms with Gasteiger partial charge in [-0.2, -0.15) is 10.5 Å². The summed E-state index contributed by atoms with van der Waals surface area (Å²) in [6.45, 7) is 2.48. The molecule has 1 N–H and O–H groups in total. The van der Waals surface area contributed by atoms with Gasteiger partial charge in [0.15, 0.2) is 22.4 Å². The van der Waals surface area contributed by atoms with E-state index < -0.39 is 0 Å². The summed E-state index contributed by atoms with van der Waals surface area (Å²) in [5.41, 5.74) is -0.0768. The number of halogens is 1. The van der Waals surface area contributed by atoms with Crippen molar-refractivity contribution < 1.29 is 0 Å². The van der Waals surface area contributed by atoms with Gasteiger partial charge in [0.2, 0.25) is 0 Å². The molecule has 0 aliphatic carbocycles. The smallest absolute Gasteiger partial charge is 0.179 e. The Balaban J connectivity index is 0.000000276. The topological polar surface area (TPSA) is 111 Å². The fraction of sp³-hybridized carbons (Fsp3) is 0.167. The Morgan fingerprint density at radius 3 is 1.95 bits per heavy atom. The van der Waals surface area contributed by atoms with Crippen LogP contribution in [-0.4, -0.2) is 26.5 Å². The van der Waals surface area contributed by atoms with Gasteiger partial charge in [-0.3, -0.25) is 9.97 Å². The lowest BCUT2D eigenvalue weighted by atomic mass is 10.3. The second-order valence-corrected chi connectivity index (χ2v) is 3.57. The molecule has 0 aliphatic rings. The number of aromatic nitrogens is 4. The highest BCUT2D eigenvalue weighted by molar-refractivity contribution is 6.31. The van der Waals surface area contributed by atoms with E-state index >= 15 is 0 Å². The van der Waals surface area contributed by atoms with Gasteiger partial charge in [0.1, 0.15) is 12.1 Å². The first-order valence-corrected chi connectivity index (χ1v) is 5.92. The first kappa shape index (κ1) is 15.3. The number of rotatable bonds is 2. The van der Waals surface area contributed by atoms with Crippen molar-refractivity contribution in [3.05, 3.63) is 41.3 Å². The minimum Gasteiger partial charge on any atom is -0.368 e. The molecule has 2 heterocycles. The van der Waals surface area contributed by atoms with Crippen LogP contribution in [0, 0.1) is 22.7 Å². The number of nitrogens with zero attached hydrogens (tertiary/aromatic N) is 6.